The van der Waals surface area contributed by atoms with Crippen LogP contribution in [-0.4, -0.2) is 47.3 Å². The Hall–Kier alpha value is -3.03. The predicted octanol–water partition coefficient (Wildman–Crippen LogP) is 2.80. The number of carbonyl (C=O) groups excluding carboxylic acids is 1. The maximum atomic E-state index is 12.4. The highest BCUT2D eigenvalue weighted by atomic mass is 16.5. The first-order valence-corrected chi connectivity index (χ1v) is 9.30. The summed E-state index contributed by atoms with van der Waals surface area (Å²) in [7, 11) is 0. The fourth-order valence-corrected chi connectivity index (χ4v) is 3.18. The normalized spacial score (nSPS) is 14.7. The molecule has 0 unspecified atom stereocenters. The Morgan fingerprint density at radius 3 is 2.81 bits per heavy atom. The van der Waals surface area contributed by atoms with E-state index >= 15 is 0 Å². The third kappa shape index (κ3) is 3.89. The largest absolute Gasteiger partial charge is 0.423 e. The van der Waals surface area contributed by atoms with Crippen molar-refractivity contribution in [1.29, 1.82) is 0 Å². The number of urea groups is 1. The number of hydrogen-bond donors (Lipinski definition) is 1. The van der Waals surface area contributed by atoms with Gasteiger partial charge >= 0.3 is 6.03 Å². The van der Waals surface area contributed by atoms with Crippen LogP contribution in [0.5, 0.6) is 0 Å². The zero-order chi connectivity index (χ0) is 18.6. The number of benzene rings is 1. The Bertz CT molecular complexity index is 878. The maximum Gasteiger partial charge on any atom is 0.317 e. The van der Waals surface area contributed by atoms with Gasteiger partial charge in [0.15, 0.2) is 11.3 Å². The summed E-state index contributed by atoms with van der Waals surface area (Å²) in [6.07, 6.45) is 1.90. The monoisotopic (exact) mass is 369 g/mol. The standard InChI is InChI=1S/C19H23N5O3/c1-2-5-14-12-15(27-22-14)13-20-18(25)23-8-10-24(11-9-23)19-21-16-6-3-4-7-17(16)26-19/h3-4,6-7,12H,2,5,8-11,13H2,1H3,(H,20,25). The number of rotatable bonds is 5. The molecule has 1 N–H and O–H groups in total. The van der Waals surface area contributed by atoms with E-state index in [1.54, 1.807) is 4.90 Å². The molecule has 142 valence electrons. The van der Waals surface area contributed by atoms with Crippen LogP contribution in [0, 0.1) is 0 Å². The van der Waals surface area contributed by atoms with E-state index in [9.17, 15) is 4.79 Å². The summed E-state index contributed by atoms with van der Waals surface area (Å²) in [6, 6.07) is 10.1. The highest BCUT2D eigenvalue weighted by molar-refractivity contribution is 5.75. The van der Waals surface area contributed by atoms with Gasteiger partial charge in [-0.2, -0.15) is 4.98 Å². The van der Waals surface area contributed by atoms with Crippen molar-refractivity contribution in [3.8, 4) is 0 Å². The zero-order valence-electron chi connectivity index (χ0n) is 15.4. The van der Waals surface area contributed by atoms with Gasteiger partial charge in [0, 0.05) is 32.2 Å². The van der Waals surface area contributed by atoms with E-state index < -0.39 is 0 Å². The Morgan fingerprint density at radius 1 is 1.22 bits per heavy atom. The summed E-state index contributed by atoms with van der Waals surface area (Å²) in [5, 5.41) is 6.89. The van der Waals surface area contributed by atoms with Gasteiger partial charge < -0.3 is 24.1 Å². The molecular weight excluding hydrogens is 346 g/mol. The van der Waals surface area contributed by atoms with Gasteiger partial charge in [-0.25, -0.2) is 4.79 Å². The molecule has 1 aliphatic heterocycles. The van der Waals surface area contributed by atoms with Crippen LogP contribution in [0.2, 0.25) is 0 Å². The first-order valence-electron chi connectivity index (χ1n) is 9.30. The fraction of sp³-hybridized carbons (Fsp3) is 0.421. The number of carbonyl (C=O) groups is 1. The quantitative estimate of drug-likeness (QED) is 0.744. The Labute approximate surface area is 157 Å². The fourth-order valence-electron chi connectivity index (χ4n) is 3.18. The molecule has 1 fully saturated rings. The average molecular weight is 369 g/mol. The number of piperazine rings is 1. The third-order valence-corrected chi connectivity index (χ3v) is 4.65. The van der Waals surface area contributed by atoms with Gasteiger partial charge in [-0.05, 0) is 18.6 Å². The number of nitrogens with one attached hydrogen (secondary N) is 1. The van der Waals surface area contributed by atoms with Crippen molar-refractivity contribution in [3.05, 3.63) is 41.8 Å². The van der Waals surface area contributed by atoms with E-state index in [0.29, 0.717) is 44.5 Å². The lowest BCUT2D eigenvalue weighted by Gasteiger charge is -2.33. The number of aryl methyl sites for hydroxylation is 1. The molecule has 8 heteroatoms. The molecule has 0 bridgehead atoms. The van der Waals surface area contributed by atoms with Crippen LogP contribution in [0.3, 0.4) is 0 Å². The Kier molecular flexibility index (Phi) is 4.95. The van der Waals surface area contributed by atoms with Crippen LogP contribution in [0.1, 0.15) is 24.8 Å². The molecule has 0 aliphatic carbocycles. The lowest BCUT2D eigenvalue weighted by Crippen LogP contribution is -2.51. The molecule has 1 aliphatic rings. The number of aromatic nitrogens is 2. The first-order chi connectivity index (χ1) is 13.2. The van der Waals surface area contributed by atoms with Crippen LogP contribution in [0.25, 0.3) is 11.1 Å². The lowest BCUT2D eigenvalue weighted by molar-refractivity contribution is 0.191. The molecule has 0 spiro atoms. The molecular formula is C19H23N5O3. The summed E-state index contributed by atoms with van der Waals surface area (Å²) in [5.41, 5.74) is 2.55. The first kappa shape index (κ1) is 17.4. The molecule has 3 aromatic rings. The van der Waals surface area contributed by atoms with Crippen LogP contribution >= 0.6 is 0 Å². The molecule has 0 saturated carbocycles. The predicted molar refractivity (Wildman–Crippen MR) is 101 cm³/mol. The Balaban J connectivity index is 1.28. The van der Waals surface area contributed by atoms with Crippen molar-refractivity contribution in [3.63, 3.8) is 0 Å². The van der Waals surface area contributed by atoms with E-state index in [0.717, 1.165) is 29.6 Å². The summed E-state index contributed by atoms with van der Waals surface area (Å²) in [5.74, 6) is 0.678. The molecule has 3 heterocycles. The molecule has 1 saturated heterocycles. The number of fused-ring (bicyclic) bond motifs is 1. The van der Waals surface area contributed by atoms with Gasteiger partial charge in [0.05, 0.1) is 12.2 Å². The second-order valence-corrected chi connectivity index (χ2v) is 6.63. The third-order valence-electron chi connectivity index (χ3n) is 4.65. The maximum absolute atomic E-state index is 12.4. The second-order valence-electron chi connectivity index (χ2n) is 6.63. The summed E-state index contributed by atoms with van der Waals surface area (Å²) in [4.78, 5) is 20.8. The van der Waals surface area contributed by atoms with E-state index in [2.05, 4.69) is 27.3 Å². The minimum Gasteiger partial charge on any atom is -0.423 e. The van der Waals surface area contributed by atoms with E-state index in [1.165, 1.54) is 0 Å². The van der Waals surface area contributed by atoms with Crippen molar-refractivity contribution in [2.24, 2.45) is 0 Å². The molecule has 1 aromatic carbocycles. The smallest absolute Gasteiger partial charge is 0.317 e. The van der Waals surface area contributed by atoms with Gasteiger partial charge in [0.2, 0.25) is 0 Å². The average Bonchev–Trinajstić information content (AvgIpc) is 3.33. The topological polar surface area (TPSA) is 87.6 Å². The molecule has 4 rings (SSSR count). The van der Waals surface area contributed by atoms with E-state index in [4.69, 9.17) is 8.94 Å². The second kappa shape index (κ2) is 7.69. The number of nitrogens with zero attached hydrogens (tertiary/aromatic N) is 4. The number of oxazole rings is 1. The number of amides is 2. The lowest BCUT2D eigenvalue weighted by atomic mass is 10.2. The molecule has 0 radical (unpaired) electrons. The molecule has 8 nitrogen and oxygen atoms in total. The molecule has 2 amide bonds. The SMILES string of the molecule is CCCc1cc(CNC(=O)N2CCN(c3nc4ccccc4o3)CC2)on1. The van der Waals surface area contributed by atoms with Crippen LogP contribution in [0.15, 0.2) is 39.3 Å². The molecule has 0 atom stereocenters. The van der Waals surface area contributed by atoms with Crippen LogP contribution in [-0.2, 0) is 13.0 Å². The van der Waals surface area contributed by atoms with Gasteiger partial charge in [-0.3, -0.25) is 0 Å². The highest BCUT2D eigenvalue weighted by Gasteiger charge is 2.24. The van der Waals surface area contributed by atoms with Crippen molar-refractivity contribution in [2.45, 2.75) is 26.3 Å². The number of para-hydroxylation sites is 2. The van der Waals surface area contributed by atoms with Gasteiger partial charge in [0.25, 0.3) is 6.01 Å². The Morgan fingerprint density at radius 2 is 2.04 bits per heavy atom. The minimum atomic E-state index is -0.0966. The summed E-state index contributed by atoms with van der Waals surface area (Å²) < 4.78 is 11.1. The van der Waals surface area contributed by atoms with Gasteiger partial charge in [0.1, 0.15) is 5.52 Å². The number of anilines is 1. The summed E-state index contributed by atoms with van der Waals surface area (Å²) >= 11 is 0. The van der Waals surface area contributed by atoms with Crippen molar-refractivity contribution >= 4 is 23.1 Å². The summed E-state index contributed by atoms with van der Waals surface area (Å²) in [6.45, 7) is 5.04. The van der Waals surface area contributed by atoms with E-state index in [-0.39, 0.29) is 6.03 Å². The molecule has 2 aromatic heterocycles. The minimum absolute atomic E-state index is 0.0966. The van der Waals surface area contributed by atoms with Crippen molar-refractivity contribution in [2.75, 3.05) is 31.1 Å². The molecule has 27 heavy (non-hydrogen) atoms. The highest BCUT2D eigenvalue weighted by Crippen LogP contribution is 2.22. The van der Waals surface area contributed by atoms with Crippen LogP contribution in [0.4, 0.5) is 10.8 Å². The van der Waals surface area contributed by atoms with Gasteiger partial charge in [-0.15, -0.1) is 0 Å². The van der Waals surface area contributed by atoms with Gasteiger partial charge in [-0.1, -0.05) is 30.6 Å². The zero-order valence-corrected chi connectivity index (χ0v) is 15.4. The number of hydrogen-bond acceptors (Lipinski definition) is 6. The van der Waals surface area contributed by atoms with Crippen molar-refractivity contribution in [1.82, 2.24) is 20.4 Å². The van der Waals surface area contributed by atoms with Crippen molar-refractivity contribution < 1.29 is 13.7 Å². The van der Waals surface area contributed by atoms with E-state index in [1.807, 2.05) is 30.3 Å². The van der Waals surface area contributed by atoms with Crippen LogP contribution < -0.4 is 10.2 Å².